The molecular formula is C17H15NO4S. The average Bonchev–Trinajstić information content (AvgIpc) is 2.84. The summed E-state index contributed by atoms with van der Waals surface area (Å²) in [4.78, 5) is 26.3. The topological polar surface area (TPSA) is 63.7 Å². The molecule has 23 heavy (non-hydrogen) atoms. The zero-order chi connectivity index (χ0) is 16.4. The lowest BCUT2D eigenvalue weighted by atomic mass is 10.1. The first-order valence-corrected chi connectivity index (χ1v) is 8.41. The van der Waals surface area contributed by atoms with E-state index in [0.29, 0.717) is 21.8 Å². The molecule has 0 saturated heterocycles. The van der Waals surface area contributed by atoms with Crippen molar-refractivity contribution in [3.05, 3.63) is 59.7 Å². The minimum absolute atomic E-state index is 0.130. The van der Waals surface area contributed by atoms with E-state index in [1.807, 2.05) is 0 Å². The lowest BCUT2D eigenvalue weighted by Crippen LogP contribution is -2.33. The average molecular weight is 329 g/mol. The van der Waals surface area contributed by atoms with Crippen molar-refractivity contribution in [1.29, 1.82) is 0 Å². The van der Waals surface area contributed by atoms with Gasteiger partial charge in [-0.25, -0.2) is 0 Å². The van der Waals surface area contributed by atoms with Crippen LogP contribution in [0.5, 0.6) is 5.75 Å². The van der Waals surface area contributed by atoms with Crippen molar-refractivity contribution >= 4 is 22.6 Å². The Bertz CT molecular complexity index is 750. The summed E-state index contributed by atoms with van der Waals surface area (Å²) < 4.78 is 17.4. The van der Waals surface area contributed by atoms with Crippen LogP contribution in [0.1, 0.15) is 20.7 Å². The van der Waals surface area contributed by atoms with Crippen molar-refractivity contribution in [2.75, 3.05) is 19.4 Å². The second kappa shape index (κ2) is 6.34. The highest BCUT2D eigenvalue weighted by atomic mass is 32.2. The SMILES string of the molecule is COc1ccc(S(=O)CCN2C(=O)c3ccccc3C2=O)cc1. The molecule has 6 heteroatoms. The fourth-order valence-electron chi connectivity index (χ4n) is 2.46. The van der Waals surface area contributed by atoms with Crippen molar-refractivity contribution in [2.24, 2.45) is 0 Å². The van der Waals surface area contributed by atoms with Gasteiger partial charge in [-0.3, -0.25) is 18.7 Å². The van der Waals surface area contributed by atoms with E-state index in [2.05, 4.69) is 0 Å². The minimum atomic E-state index is -1.29. The molecule has 0 spiro atoms. The lowest BCUT2D eigenvalue weighted by molar-refractivity contribution is 0.0664. The Hall–Kier alpha value is -2.47. The summed E-state index contributed by atoms with van der Waals surface area (Å²) in [5, 5.41) is 0. The number of benzene rings is 2. The standard InChI is InChI=1S/C17H15NO4S/c1-22-12-6-8-13(9-7-12)23(21)11-10-18-16(19)14-4-2-3-5-15(14)17(18)20/h2-9H,10-11H2,1H3. The molecular weight excluding hydrogens is 314 g/mol. The zero-order valence-electron chi connectivity index (χ0n) is 12.5. The van der Waals surface area contributed by atoms with Crippen molar-refractivity contribution in [3.8, 4) is 5.75 Å². The molecule has 2 aromatic carbocycles. The number of hydrogen-bond acceptors (Lipinski definition) is 4. The van der Waals surface area contributed by atoms with E-state index in [1.54, 1.807) is 55.6 Å². The third kappa shape index (κ3) is 2.90. The maximum atomic E-state index is 12.3. The molecule has 3 rings (SSSR count). The maximum Gasteiger partial charge on any atom is 0.261 e. The normalized spacial score (nSPS) is 14.7. The second-order valence-electron chi connectivity index (χ2n) is 5.03. The zero-order valence-corrected chi connectivity index (χ0v) is 13.3. The van der Waals surface area contributed by atoms with Crippen molar-refractivity contribution in [3.63, 3.8) is 0 Å². The number of imide groups is 1. The van der Waals surface area contributed by atoms with E-state index < -0.39 is 10.8 Å². The number of carbonyl (C=O) groups is 2. The van der Waals surface area contributed by atoms with Crippen LogP contribution < -0.4 is 4.74 Å². The Morgan fingerprint density at radius 1 is 0.957 bits per heavy atom. The van der Waals surface area contributed by atoms with Crippen LogP contribution in [-0.4, -0.2) is 40.3 Å². The van der Waals surface area contributed by atoms with Gasteiger partial charge in [-0.2, -0.15) is 0 Å². The number of carbonyl (C=O) groups excluding carboxylic acids is 2. The van der Waals surface area contributed by atoms with Gasteiger partial charge in [0.25, 0.3) is 11.8 Å². The molecule has 0 aromatic heterocycles. The molecule has 0 radical (unpaired) electrons. The number of methoxy groups -OCH3 is 1. The van der Waals surface area contributed by atoms with Gasteiger partial charge >= 0.3 is 0 Å². The quantitative estimate of drug-likeness (QED) is 0.788. The predicted octanol–water partition coefficient (Wildman–Crippen LogP) is 2.10. The molecule has 1 atom stereocenters. The molecule has 5 nitrogen and oxygen atoms in total. The Kier molecular flexibility index (Phi) is 4.25. The number of rotatable bonds is 5. The van der Waals surface area contributed by atoms with Crippen molar-refractivity contribution in [1.82, 2.24) is 4.90 Å². The van der Waals surface area contributed by atoms with Crippen LogP contribution in [-0.2, 0) is 10.8 Å². The van der Waals surface area contributed by atoms with E-state index in [-0.39, 0.29) is 24.1 Å². The van der Waals surface area contributed by atoms with Gasteiger partial charge in [0.2, 0.25) is 0 Å². The predicted molar refractivity (Wildman–Crippen MR) is 86.1 cm³/mol. The fraction of sp³-hybridized carbons (Fsp3) is 0.176. The van der Waals surface area contributed by atoms with Gasteiger partial charge in [0.1, 0.15) is 5.75 Å². The van der Waals surface area contributed by atoms with Gasteiger partial charge in [0, 0.05) is 17.2 Å². The molecule has 1 aliphatic heterocycles. The molecule has 1 unspecified atom stereocenters. The summed E-state index contributed by atoms with van der Waals surface area (Å²) in [6.45, 7) is 0.130. The van der Waals surface area contributed by atoms with E-state index >= 15 is 0 Å². The van der Waals surface area contributed by atoms with Crippen molar-refractivity contribution < 1.29 is 18.5 Å². The molecule has 0 aliphatic carbocycles. The number of hydrogen-bond donors (Lipinski definition) is 0. The molecule has 0 saturated carbocycles. The fourth-order valence-corrected chi connectivity index (χ4v) is 3.49. The van der Waals surface area contributed by atoms with Crippen LogP contribution in [0.3, 0.4) is 0 Å². The molecule has 118 valence electrons. The first kappa shape index (κ1) is 15.4. The molecule has 0 N–H and O–H groups in total. The highest BCUT2D eigenvalue weighted by molar-refractivity contribution is 7.85. The van der Waals surface area contributed by atoms with Gasteiger partial charge in [-0.05, 0) is 36.4 Å². The first-order valence-electron chi connectivity index (χ1n) is 7.09. The smallest absolute Gasteiger partial charge is 0.261 e. The van der Waals surface area contributed by atoms with Crippen LogP contribution in [0.4, 0.5) is 0 Å². The van der Waals surface area contributed by atoms with Crippen LogP contribution in [0, 0.1) is 0 Å². The lowest BCUT2D eigenvalue weighted by Gasteiger charge is -2.13. The summed E-state index contributed by atoms with van der Waals surface area (Å²) in [5.41, 5.74) is 0.820. The Morgan fingerprint density at radius 3 is 2.04 bits per heavy atom. The summed E-state index contributed by atoms with van der Waals surface area (Å²) in [7, 11) is 0.277. The molecule has 1 heterocycles. The third-order valence-corrected chi connectivity index (χ3v) is 5.05. The Labute approximate surface area is 136 Å². The van der Waals surface area contributed by atoms with E-state index in [1.165, 1.54) is 0 Å². The molecule has 0 fully saturated rings. The van der Waals surface area contributed by atoms with E-state index in [4.69, 9.17) is 4.74 Å². The molecule has 0 bridgehead atoms. The Balaban J connectivity index is 1.68. The van der Waals surface area contributed by atoms with Gasteiger partial charge in [0.05, 0.1) is 29.0 Å². The Morgan fingerprint density at radius 2 is 1.52 bits per heavy atom. The summed E-state index contributed by atoms with van der Waals surface area (Å²) in [5.74, 6) is 0.249. The molecule has 1 aliphatic rings. The van der Waals surface area contributed by atoms with Crippen LogP contribution in [0.25, 0.3) is 0 Å². The van der Waals surface area contributed by atoms with Crippen LogP contribution in [0.2, 0.25) is 0 Å². The van der Waals surface area contributed by atoms with Gasteiger partial charge < -0.3 is 4.74 Å². The van der Waals surface area contributed by atoms with Crippen LogP contribution in [0.15, 0.2) is 53.4 Å². The summed E-state index contributed by atoms with van der Waals surface area (Å²) >= 11 is 0. The van der Waals surface area contributed by atoms with E-state index in [0.717, 1.165) is 4.90 Å². The number of amides is 2. The number of ether oxygens (including phenoxy) is 1. The summed E-state index contributed by atoms with van der Waals surface area (Å²) in [6, 6.07) is 13.6. The second-order valence-corrected chi connectivity index (χ2v) is 6.60. The molecule has 2 aromatic rings. The van der Waals surface area contributed by atoms with E-state index in [9.17, 15) is 13.8 Å². The highest BCUT2D eigenvalue weighted by Crippen LogP contribution is 2.22. The minimum Gasteiger partial charge on any atom is -0.497 e. The van der Waals surface area contributed by atoms with Crippen molar-refractivity contribution in [2.45, 2.75) is 4.90 Å². The van der Waals surface area contributed by atoms with Gasteiger partial charge in [0.15, 0.2) is 0 Å². The van der Waals surface area contributed by atoms with Crippen LogP contribution >= 0.6 is 0 Å². The summed E-state index contributed by atoms with van der Waals surface area (Å²) in [6.07, 6.45) is 0. The first-order chi connectivity index (χ1) is 11.1. The number of fused-ring (bicyclic) bond motifs is 1. The van der Waals surface area contributed by atoms with Gasteiger partial charge in [-0.15, -0.1) is 0 Å². The maximum absolute atomic E-state index is 12.3. The number of nitrogens with zero attached hydrogens (tertiary/aromatic N) is 1. The third-order valence-electron chi connectivity index (χ3n) is 3.70. The molecule has 2 amide bonds. The van der Waals surface area contributed by atoms with Gasteiger partial charge in [-0.1, -0.05) is 12.1 Å². The monoisotopic (exact) mass is 329 g/mol. The largest absolute Gasteiger partial charge is 0.497 e. The highest BCUT2D eigenvalue weighted by Gasteiger charge is 2.34.